The first-order valence-electron chi connectivity index (χ1n) is 6.48. The predicted molar refractivity (Wildman–Crippen MR) is 88.7 cm³/mol. The van der Waals surface area contributed by atoms with Gasteiger partial charge in [-0.05, 0) is 34.1 Å². The molecular weight excluding hydrogens is 388 g/mol. The normalized spacial score (nSPS) is 11.2. The van der Waals surface area contributed by atoms with Gasteiger partial charge in [-0.1, -0.05) is 12.1 Å². The maximum absolute atomic E-state index is 12.1. The molecule has 1 aromatic heterocycles. The van der Waals surface area contributed by atoms with Crippen molar-refractivity contribution >= 4 is 37.5 Å². The molecule has 0 saturated carbocycles. The lowest BCUT2D eigenvalue weighted by atomic mass is 10.3. The van der Waals surface area contributed by atoms with Crippen LogP contribution in [0.1, 0.15) is 0 Å². The number of benzene rings is 1. The summed E-state index contributed by atoms with van der Waals surface area (Å²) in [5.41, 5.74) is -0.456. The Morgan fingerprint density at radius 2 is 1.91 bits per heavy atom. The summed E-state index contributed by atoms with van der Waals surface area (Å²) >= 11 is 3.26. The largest absolute Gasteiger partial charge is 0.369 e. The van der Waals surface area contributed by atoms with Crippen LogP contribution in [0.3, 0.4) is 0 Å². The Morgan fingerprint density at radius 3 is 2.57 bits per heavy atom. The second kappa shape index (κ2) is 7.49. The third-order valence-corrected chi connectivity index (χ3v) is 4.78. The predicted octanol–water partition coefficient (Wildman–Crippen LogP) is 2.14. The summed E-state index contributed by atoms with van der Waals surface area (Å²) in [6, 6.07) is 8.74. The minimum absolute atomic E-state index is 0.0616. The van der Waals surface area contributed by atoms with E-state index >= 15 is 0 Å². The van der Waals surface area contributed by atoms with Crippen molar-refractivity contribution in [2.45, 2.75) is 4.90 Å². The third-order valence-electron chi connectivity index (χ3n) is 2.80. The Kier molecular flexibility index (Phi) is 5.64. The second-order valence-corrected chi connectivity index (χ2v) is 7.06. The van der Waals surface area contributed by atoms with Crippen LogP contribution in [0.2, 0.25) is 0 Å². The van der Waals surface area contributed by atoms with Gasteiger partial charge < -0.3 is 5.32 Å². The minimum Gasteiger partial charge on any atom is -0.369 e. The van der Waals surface area contributed by atoms with Crippen LogP contribution >= 0.6 is 15.9 Å². The van der Waals surface area contributed by atoms with Crippen molar-refractivity contribution in [3.8, 4) is 0 Å². The van der Waals surface area contributed by atoms with E-state index in [0.29, 0.717) is 5.82 Å². The summed E-state index contributed by atoms with van der Waals surface area (Å²) in [5, 5.41) is 13.8. The van der Waals surface area contributed by atoms with Gasteiger partial charge in [0.1, 0.15) is 5.82 Å². The smallest absolute Gasteiger partial charge is 0.289 e. The number of pyridine rings is 1. The number of hydrogen-bond acceptors (Lipinski definition) is 6. The molecule has 0 unspecified atom stereocenters. The molecule has 0 radical (unpaired) electrons. The number of para-hydroxylation sites is 1. The summed E-state index contributed by atoms with van der Waals surface area (Å²) in [6.07, 6.45) is 1.61. The molecule has 0 bridgehead atoms. The van der Waals surface area contributed by atoms with Crippen LogP contribution in [0.25, 0.3) is 0 Å². The summed E-state index contributed by atoms with van der Waals surface area (Å²) in [7, 11) is -3.96. The fraction of sp³-hybridized carbons (Fsp3) is 0.154. The topological polar surface area (TPSA) is 114 Å². The van der Waals surface area contributed by atoms with Crippen LogP contribution in [-0.4, -0.2) is 31.4 Å². The molecule has 8 nitrogen and oxygen atoms in total. The van der Waals surface area contributed by atoms with E-state index in [1.807, 2.05) is 0 Å². The molecule has 2 N–H and O–H groups in total. The highest BCUT2D eigenvalue weighted by atomic mass is 79.9. The maximum atomic E-state index is 12.1. The van der Waals surface area contributed by atoms with E-state index in [4.69, 9.17) is 0 Å². The van der Waals surface area contributed by atoms with Crippen molar-refractivity contribution < 1.29 is 13.3 Å². The van der Waals surface area contributed by atoms with Crippen LogP contribution in [-0.2, 0) is 10.0 Å². The van der Waals surface area contributed by atoms with Gasteiger partial charge in [0, 0.05) is 29.8 Å². The number of sulfonamides is 1. The minimum atomic E-state index is -3.96. The zero-order valence-electron chi connectivity index (χ0n) is 11.8. The number of rotatable bonds is 7. The number of nitrogens with zero attached hydrogens (tertiary/aromatic N) is 2. The zero-order chi connectivity index (χ0) is 16.9. The molecule has 122 valence electrons. The van der Waals surface area contributed by atoms with Gasteiger partial charge in [-0.25, -0.2) is 18.1 Å². The molecule has 0 fully saturated rings. The summed E-state index contributed by atoms with van der Waals surface area (Å²) in [5.74, 6) is 0.595. The van der Waals surface area contributed by atoms with Gasteiger partial charge in [-0.2, -0.15) is 0 Å². The molecule has 0 amide bonds. The molecule has 0 spiro atoms. The monoisotopic (exact) mass is 400 g/mol. The lowest BCUT2D eigenvalue weighted by Gasteiger charge is -2.08. The highest BCUT2D eigenvalue weighted by Gasteiger charge is 2.24. The SMILES string of the molecule is O=[N+]([O-])c1ccccc1S(=O)(=O)NCCNc1ccc(Br)cn1. The van der Waals surface area contributed by atoms with Gasteiger partial charge in [0.25, 0.3) is 5.69 Å². The van der Waals surface area contributed by atoms with E-state index in [-0.39, 0.29) is 18.0 Å². The Balaban J connectivity index is 1.97. The third kappa shape index (κ3) is 4.71. The molecular formula is C13H13BrN4O4S. The molecule has 0 atom stereocenters. The highest BCUT2D eigenvalue weighted by Crippen LogP contribution is 2.22. The lowest BCUT2D eigenvalue weighted by molar-refractivity contribution is -0.387. The molecule has 1 heterocycles. The molecule has 10 heteroatoms. The average Bonchev–Trinajstić information content (AvgIpc) is 2.53. The van der Waals surface area contributed by atoms with Crippen LogP contribution < -0.4 is 10.0 Å². The van der Waals surface area contributed by atoms with E-state index in [1.54, 1.807) is 18.3 Å². The highest BCUT2D eigenvalue weighted by molar-refractivity contribution is 9.10. The summed E-state index contributed by atoms with van der Waals surface area (Å²) in [4.78, 5) is 13.9. The summed E-state index contributed by atoms with van der Waals surface area (Å²) in [6.45, 7) is 0.348. The van der Waals surface area contributed by atoms with E-state index in [0.717, 1.165) is 10.5 Å². The molecule has 0 aliphatic rings. The Hall–Kier alpha value is -2.04. The van der Waals surface area contributed by atoms with Gasteiger partial charge in [0.15, 0.2) is 4.90 Å². The van der Waals surface area contributed by atoms with E-state index in [2.05, 4.69) is 31.0 Å². The average molecular weight is 401 g/mol. The fourth-order valence-corrected chi connectivity index (χ4v) is 3.21. The van der Waals surface area contributed by atoms with E-state index in [1.165, 1.54) is 18.2 Å². The first-order valence-corrected chi connectivity index (χ1v) is 8.76. The van der Waals surface area contributed by atoms with Crippen LogP contribution in [0.4, 0.5) is 11.5 Å². The van der Waals surface area contributed by atoms with Crippen molar-refractivity contribution in [3.63, 3.8) is 0 Å². The second-order valence-electron chi connectivity index (χ2n) is 4.41. The Labute approximate surface area is 141 Å². The van der Waals surface area contributed by atoms with Gasteiger partial charge in [0.2, 0.25) is 10.0 Å². The van der Waals surface area contributed by atoms with Crippen molar-refractivity contribution in [1.82, 2.24) is 9.71 Å². The molecule has 1 aromatic carbocycles. The van der Waals surface area contributed by atoms with Crippen LogP contribution in [0.15, 0.2) is 52.0 Å². The zero-order valence-corrected chi connectivity index (χ0v) is 14.2. The molecule has 2 aromatic rings. The van der Waals surface area contributed by atoms with Crippen molar-refractivity contribution in [2.24, 2.45) is 0 Å². The number of nitrogens with one attached hydrogen (secondary N) is 2. The van der Waals surface area contributed by atoms with Gasteiger partial charge in [-0.3, -0.25) is 10.1 Å². The molecule has 23 heavy (non-hydrogen) atoms. The van der Waals surface area contributed by atoms with Crippen LogP contribution in [0, 0.1) is 10.1 Å². The van der Waals surface area contributed by atoms with Gasteiger partial charge >= 0.3 is 0 Å². The number of aromatic nitrogens is 1. The van der Waals surface area contributed by atoms with E-state index < -0.39 is 20.6 Å². The van der Waals surface area contributed by atoms with Gasteiger partial charge in [0.05, 0.1) is 4.92 Å². The molecule has 2 rings (SSSR count). The molecule has 0 aliphatic heterocycles. The first kappa shape index (κ1) is 17.3. The standard InChI is InChI=1S/C13H13BrN4O4S/c14-10-5-6-13(16-9-10)15-7-8-17-23(21,22)12-4-2-1-3-11(12)18(19)20/h1-6,9,17H,7-8H2,(H,15,16). The quantitative estimate of drug-likeness (QED) is 0.418. The fourth-order valence-electron chi connectivity index (χ4n) is 1.77. The lowest BCUT2D eigenvalue weighted by Crippen LogP contribution is -2.29. The Bertz CT molecular complexity index is 796. The van der Waals surface area contributed by atoms with E-state index in [9.17, 15) is 18.5 Å². The summed E-state index contributed by atoms with van der Waals surface area (Å²) < 4.78 is 27.5. The number of hydrogen-bond donors (Lipinski definition) is 2. The van der Waals surface area contributed by atoms with Crippen molar-refractivity contribution in [3.05, 3.63) is 57.2 Å². The molecule has 0 saturated heterocycles. The Morgan fingerprint density at radius 1 is 1.17 bits per heavy atom. The van der Waals surface area contributed by atoms with Crippen molar-refractivity contribution in [1.29, 1.82) is 0 Å². The maximum Gasteiger partial charge on any atom is 0.289 e. The number of nitro groups is 1. The number of nitro benzene ring substituents is 1. The van der Waals surface area contributed by atoms with Crippen LogP contribution in [0.5, 0.6) is 0 Å². The number of halogens is 1. The van der Waals surface area contributed by atoms with Crippen molar-refractivity contribution in [2.75, 3.05) is 18.4 Å². The number of anilines is 1. The van der Waals surface area contributed by atoms with Gasteiger partial charge in [-0.15, -0.1) is 0 Å². The molecule has 0 aliphatic carbocycles. The first-order chi connectivity index (χ1) is 10.9.